The normalized spacial score (nSPS) is 13.4. The molecule has 0 aliphatic carbocycles. The first-order chi connectivity index (χ1) is 14.6. The molecule has 0 saturated carbocycles. The predicted octanol–water partition coefficient (Wildman–Crippen LogP) is 4.20. The quantitative estimate of drug-likeness (QED) is 0.621. The summed E-state index contributed by atoms with van der Waals surface area (Å²) >= 11 is 1.55. The monoisotopic (exact) mass is 424 g/mol. The van der Waals surface area contributed by atoms with E-state index in [1.807, 2.05) is 53.6 Å². The average Bonchev–Trinajstić information content (AvgIpc) is 3.49. The molecule has 1 saturated heterocycles. The third-order valence-electron chi connectivity index (χ3n) is 5.01. The summed E-state index contributed by atoms with van der Waals surface area (Å²) in [6.45, 7) is 3.80. The van der Waals surface area contributed by atoms with Crippen molar-refractivity contribution < 1.29 is 14.0 Å². The molecular weight excluding hydrogens is 400 g/mol. The molecule has 0 atom stereocenters. The second-order valence-corrected chi connectivity index (χ2v) is 8.23. The number of carbonyl (C=O) groups is 2. The minimum atomic E-state index is -0.129. The standard InChI is InChI=1S/C22H24N4O3S/c1-15-18(25-21(29-15)19-8-5-11-30-19)13-20(27)23-14-16-6-4-7-17(12-16)24-22(28)26-9-2-3-10-26/h4-8,11-12H,2-3,9-10,13-14H2,1H3,(H,23,27)(H,24,28). The van der Waals surface area contributed by atoms with E-state index in [0.717, 1.165) is 42.1 Å². The number of hydrogen-bond acceptors (Lipinski definition) is 5. The van der Waals surface area contributed by atoms with Gasteiger partial charge in [-0.2, -0.15) is 0 Å². The maximum absolute atomic E-state index is 12.4. The van der Waals surface area contributed by atoms with Crippen LogP contribution in [0.15, 0.2) is 46.2 Å². The van der Waals surface area contributed by atoms with Crippen LogP contribution in [0.3, 0.4) is 0 Å². The number of rotatable bonds is 6. The Labute approximate surface area is 179 Å². The first kappa shape index (κ1) is 20.2. The van der Waals surface area contributed by atoms with E-state index in [1.165, 1.54) is 0 Å². The van der Waals surface area contributed by atoms with Gasteiger partial charge in [0.2, 0.25) is 11.8 Å². The molecule has 30 heavy (non-hydrogen) atoms. The van der Waals surface area contributed by atoms with E-state index in [4.69, 9.17) is 4.42 Å². The number of likely N-dealkylation sites (tertiary alicyclic amines) is 1. The SMILES string of the molecule is Cc1oc(-c2cccs2)nc1CC(=O)NCc1cccc(NC(=O)N2CCCC2)c1. The summed E-state index contributed by atoms with van der Waals surface area (Å²) in [5, 5.41) is 7.80. The van der Waals surface area contributed by atoms with Gasteiger partial charge >= 0.3 is 6.03 Å². The lowest BCUT2D eigenvalue weighted by atomic mass is 10.2. The second kappa shape index (κ2) is 9.13. The Morgan fingerprint density at radius 1 is 1.20 bits per heavy atom. The molecule has 2 aromatic heterocycles. The lowest BCUT2D eigenvalue weighted by molar-refractivity contribution is -0.120. The number of nitrogens with zero attached hydrogens (tertiary/aromatic N) is 2. The molecule has 7 nitrogen and oxygen atoms in total. The Morgan fingerprint density at radius 3 is 2.80 bits per heavy atom. The van der Waals surface area contributed by atoms with Gasteiger partial charge in [-0.05, 0) is 48.9 Å². The number of hydrogen-bond donors (Lipinski definition) is 2. The van der Waals surface area contributed by atoms with Gasteiger partial charge in [-0.25, -0.2) is 9.78 Å². The van der Waals surface area contributed by atoms with Crippen molar-refractivity contribution >= 4 is 29.0 Å². The number of aromatic nitrogens is 1. The number of aryl methyl sites for hydroxylation is 1. The number of amides is 3. The number of nitrogens with one attached hydrogen (secondary N) is 2. The topological polar surface area (TPSA) is 87.5 Å². The van der Waals surface area contributed by atoms with Crippen molar-refractivity contribution in [3.05, 3.63) is 58.8 Å². The molecule has 0 radical (unpaired) electrons. The Hall–Kier alpha value is -3.13. The van der Waals surface area contributed by atoms with Crippen molar-refractivity contribution in [3.63, 3.8) is 0 Å². The van der Waals surface area contributed by atoms with E-state index < -0.39 is 0 Å². The molecule has 3 aromatic rings. The zero-order chi connectivity index (χ0) is 20.9. The highest BCUT2D eigenvalue weighted by Crippen LogP contribution is 2.26. The number of benzene rings is 1. The summed E-state index contributed by atoms with van der Waals surface area (Å²) in [6, 6.07) is 11.3. The van der Waals surface area contributed by atoms with Crippen molar-refractivity contribution in [1.82, 2.24) is 15.2 Å². The summed E-state index contributed by atoms with van der Waals surface area (Å²) in [5.41, 5.74) is 2.29. The van der Waals surface area contributed by atoms with Gasteiger partial charge in [-0.1, -0.05) is 18.2 Å². The van der Waals surface area contributed by atoms with E-state index in [2.05, 4.69) is 15.6 Å². The van der Waals surface area contributed by atoms with Gasteiger partial charge in [0.1, 0.15) is 5.76 Å². The highest BCUT2D eigenvalue weighted by Gasteiger charge is 2.18. The third kappa shape index (κ3) is 4.88. The van der Waals surface area contributed by atoms with Crippen LogP contribution in [0, 0.1) is 6.92 Å². The van der Waals surface area contributed by atoms with Crippen molar-refractivity contribution in [1.29, 1.82) is 0 Å². The Kier molecular flexibility index (Phi) is 6.13. The predicted molar refractivity (Wildman–Crippen MR) is 116 cm³/mol. The Bertz CT molecular complexity index is 1020. The second-order valence-electron chi connectivity index (χ2n) is 7.28. The van der Waals surface area contributed by atoms with Crippen LogP contribution in [0.1, 0.15) is 29.9 Å². The highest BCUT2D eigenvalue weighted by atomic mass is 32.1. The fourth-order valence-corrected chi connectivity index (χ4v) is 4.04. The van der Waals surface area contributed by atoms with Crippen LogP contribution in [0.25, 0.3) is 10.8 Å². The molecule has 4 rings (SSSR count). The summed E-state index contributed by atoms with van der Waals surface area (Å²) in [7, 11) is 0. The van der Waals surface area contributed by atoms with Crippen LogP contribution in [-0.2, 0) is 17.8 Å². The van der Waals surface area contributed by atoms with Gasteiger partial charge < -0.3 is 20.0 Å². The molecule has 156 valence electrons. The molecule has 8 heteroatoms. The summed E-state index contributed by atoms with van der Waals surface area (Å²) in [4.78, 5) is 31.9. The van der Waals surface area contributed by atoms with Crippen molar-refractivity contribution in [3.8, 4) is 10.8 Å². The first-order valence-electron chi connectivity index (χ1n) is 10.0. The highest BCUT2D eigenvalue weighted by molar-refractivity contribution is 7.13. The molecular formula is C22H24N4O3S. The van der Waals surface area contributed by atoms with Crippen LogP contribution in [0.5, 0.6) is 0 Å². The fraction of sp³-hybridized carbons (Fsp3) is 0.318. The number of oxazole rings is 1. The number of anilines is 1. The number of thiophene rings is 1. The van der Waals surface area contributed by atoms with E-state index in [1.54, 1.807) is 11.3 Å². The minimum Gasteiger partial charge on any atom is -0.440 e. The maximum atomic E-state index is 12.4. The molecule has 1 aliphatic heterocycles. The van der Waals surface area contributed by atoms with Crippen molar-refractivity contribution in [2.45, 2.75) is 32.7 Å². The maximum Gasteiger partial charge on any atom is 0.321 e. The average molecular weight is 425 g/mol. The molecule has 1 aliphatic rings. The molecule has 2 N–H and O–H groups in total. The molecule has 1 fully saturated rings. The molecule has 0 bridgehead atoms. The summed E-state index contributed by atoms with van der Waals surface area (Å²) in [6.07, 6.45) is 2.27. The largest absolute Gasteiger partial charge is 0.440 e. The summed E-state index contributed by atoms with van der Waals surface area (Å²) in [5.74, 6) is 1.07. The smallest absolute Gasteiger partial charge is 0.321 e. The van der Waals surface area contributed by atoms with Gasteiger partial charge in [-0.3, -0.25) is 4.79 Å². The molecule has 3 amide bonds. The van der Waals surface area contributed by atoms with Crippen LogP contribution < -0.4 is 10.6 Å². The van der Waals surface area contributed by atoms with E-state index >= 15 is 0 Å². The lowest BCUT2D eigenvalue weighted by Gasteiger charge is -2.16. The van der Waals surface area contributed by atoms with Gasteiger partial charge in [-0.15, -0.1) is 11.3 Å². The minimum absolute atomic E-state index is 0.0725. The summed E-state index contributed by atoms with van der Waals surface area (Å²) < 4.78 is 5.69. The van der Waals surface area contributed by atoms with Gasteiger partial charge in [0.05, 0.1) is 17.0 Å². The molecule has 0 spiro atoms. The fourth-order valence-electron chi connectivity index (χ4n) is 3.39. The molecule has 1 aromatic carbocycles. The Balaban J connectivity index is 1.31. The lowest BCUT2D eigenvalue weighted by Crippen LogP contribution is -2.32. The zero-order valence-corrected chi connectivity index (χ0v) is 17.6. The van der Waals surface area contributed by atoms with Crippen molar-refractivity contribution in [2.24, 2.45) is 0 Å². The number of carbonyl (C=O) groups excluding carboxylic acids is 2. The molecule has 3 heterocycles. The van der Waals surface area contributed by atoms with Crippen molar-refractivity contribution in [2.75, 3.05) is 18.4 Å². The van der Waals surface area contributed by atoms with Crippen LogP contribution >= 0.6 is 11.3 Å². The van der Waals surface area contributed by atoms with Gasteiger partial charge in [0.25, 0.3) is 0 Å². The zero-order valence-electron chi connectivity index (χ0n) is 16.8. The van der Waals surface area contributed by atoms with Gasteiger partial charge in [0.15, 0.2) is 0 Å². The van der Waals surface area contributed by atoms with Gasteiger partial charge in [0, 0.05) is 25.3 Å². The number of urea groups is 1. The molecule has 0 unspecified atom stereocenters. The third-order valence-corrected chi connectivity index (χ3v) is 5.87. The van der Waals surface area contributed by atoms with Crippen LogP contribution in [0.2, 0.25) is 0 Å². The Morgan fingerprint density at radius 2 is 2.03 bits per heavy atom. The van der Waals surface area contributed by atoms with E-state index in [-0.39, 0.29) is 18.4 Å². The van der Waals surface area contributed by atoms with Crippen LogP contribution in [-0.4, -0.2) is 34.9 Å². The first-order valence-corrected chi connectivity index (χ1v) is 10.9. The van der Waals surface area contributed by atoms with E-state index in [0.29, 0.717) is 23.9 Å². The van der Waals surface area contributed by atoms with Crippen LogP contribution in [0.4, 0.5) is 10.5 Å². The van der Waals surface area contributed by atoms with E-state index in [9.17, 15) is 9.59 Å².